The molecule has 0 saturated heterocycles. The van der Waals surface area contributed by atoms with E-state index < -0.39 is 0 Å². The van der Waals surface area contributed by atoms with Crippen LogP contribution in [0.15, 0.2) is 71.9 Å². The zero-order valence-electron chi connectivity index (χ0n) is 16.4. The minimum Gasteiger partial charge on any atom is -0.395 e. The van der Waals surface area contributed by atoms with Crippen molar-refractivity contribution < 1.29 is 24.3 Å². The van der Waals surface area contributed by atoms with Crippen LogP contribution in [0.5, 0.6) is 0 Å². The van der Waals surface area contributed by atoms with Gasteiger partial charge < -0.3 is 10.0 Å². The number of benzene rings is 2. The molecule has 1 heterocycles. The predicted molar refractivity (Wildman–Crippen MR) is 105 cm³/mol. The van der Waals surface area contributed by atoms with Crippen molar-refractivity contribution in [2.75, 3.05) is 24.6 Å². The summed E-state index contributed by atoms with van der Waals surface area (Å²) in [7, 11) is 0. The van der Waals surface area contributed by atoms with Crippen LogP contribution < -0.4 is 4.90 Å². The molecule has 0 spiro atoms. The topological polar surface area (TPSA) is 95.0 Å². The molecule has 0 aromatic heterocycles. The van der Waals surface area contributed by atoms with E-state index >= 15 is 0 Å². The highest BCUT2D eigenvalue weighted by Crippen LogP contribution is 2.38. The average molecular weight is 396 g/mol. The summed E-state index contributed by atoms with van der Waals surface area (Å²) in [6.45, 7) is 6.08. The van der Waals surface area contributed by atoms with Gasteiger partial charge in [-0.15, -0.1) is 0 Å². The number of carbonyl (C=O) groups excluding carboxylic acids is 4. The molecule has 3 rings (SSSR count). The highest BCUT2D eigenvalue weighted by molar-refractivity contribution is 5.56. The van der Waals surface area contributed by atoms with Gasteiger partial charge in [0.05, 0.1) is 6.61 Å². The Morgan fingerprint density at radius 3 is 1.86 bits per heavy atom. The van der Waals surface area contributed by atoms with Gasteiger partial charge in [-0.3, -0.25) is 4.90 Å². The van der Waals surface area contributed by atoms with Crippen molar-refractivity contribution in [3.63, 3.8) is 0 Å². The van der Waals surface area contributed by atoms with Gasteiger partial charge in [0.2, 0.25) is 0 Å². The lowest BCUT2D eigenvalue weighted by atomic mass is 10.0. The lowest BCUT2D eigenvalue weighted by Crippen LogP contribution is -2.47. The molecule has 0 amide bonds. The predicted octanol–water partition coefficient (Wildman–Crippen LogP) is 2.63. The monoisotopic (exact) mass is 396 g/mol. The van der Waals surface area contributed by atoms with Crippen LogP contribution in [0.3, 0.4) is 0 Å². The van der Waals surface area contributed by atoms with Crippen LogP contribution >= 0.6 is 0 Å². The standard InChI is InChI=1S/C20H24N2O.2CO2/c1-16-15-21(13-14-23)20(18-9-5-3-6-10-18)22(17(16)2)19-11-7-4-8-12-19;2*2-1-3/h3-12,20,23H,13-15H2,1-2H3;;. The number of hydrogen-bond acceptors (Lipinski definition) is 7. The van der Waals surface area contributed by atoms with Crippen LogP contribution in [-0.2, 0) is 19.2 Å². The molecule has 2 aromatic rings. The van der Waals surface area contributed by atoms with Gasteiger partial charge in [-0.05, 0) is 37.1 Å². The first-order valence-corrected chi connectivity index (χ1v) is 8.94. The van der Waals surface area contributed by atoms with E-state index in [9.17, 15) is 5.11 Å². The summed E-state index contributed by atoms with van der Waals surface area (Å²) in [4.78, 5) is 37.2. The summed E-state index contributed by atoms with van der Waals surface area (Å²) in [5.41, 5.74) is 5.06. The summed E-state index contributed by atoms with van der Waals surface area (Å²) >= 11 is 0. The molecule has 2 aromatic carbocycles. The van der Waals surface area contributed by atoms with Crippen molar-refractivity contribution in [1.82, 2.24) is 4.90 Å². The Hall–Kier alpha value is -3.34. The molecule has 7 nitrogen and oxygen atoms in total. The summed E-state index contributed by atoms with van der Waals surface area (Å²) in [5, 5.41) is 9.52. The minimum atomic E-state index is 0.106. The molecule has 0 radical (unpaired) electrons. The fourth-order valence-corrected chi connectivity index (χ4v) is 3.30. The van der Waals surface area contributed by atoms with Gasteiger partial charge in [-0.1, -0.05) is 48.5 Å². The van der Waals surface area contributed by atoms with E-state index in [4.69, 9.17) is 19.2 Å². The second-order valence-corrected chi connectivity index (χ2v) is 6.22. The largest absolute Gasteiger partial charge is 0.395 e. The number of para-hydroxylation sites is 1. The highest BCUT2D eigenvalue weighted by Gasteiger charge is 2.32. The van der Waals surface area contributed by atoms with Crippen molar-refractivity contribution in [1.29, 1.82) is 0 Å². The highest BCUT2D eigenvalue weighted by atomic mass is 16.3. The smallest absolute Gasteiger partial charge is 0.373 e. The molecule has 0 aliphatic carbocycles. The van der Waals surface area contributed by atoms with Gasteiger partial charge in [-0.2, -0.15) is 19.2 Å². The van der Waals surface area contributed by atoms with E-state index in [2.05, 4.69) is 72.2 Å². The third kappa shape index (κ3) is 6.64. The van der Waals surface area contributed by atoms with Crippen LogP contribution in [-0.4, -0.2) is 42.0 Å². The number of allylic oxidation sites excluding steroid dienone is 1. The van der Waals surface area contributed by atoms with Crippen LogP contribution in [0.4, 0.5) is 5.69 Å². The Morgan fingerprint density at radius 2 is 1.38 bits per heavy atom. The molecule has 7 heteroatoms. The van der Waals surface area contributed by atoms with E-state index in [-0.39, 0.29) is 25.1 Å². The zero-order chi connectivity index (χ0) is 21.6. The molecular formula is C22H24N2O5. The Bertz CT molecular complexity index is 828. The van der Waals surface area contributed by atoms with E-state index in [1.54, 1.807) is 0 Å². The molecule has 152 valence electrons. The number of β-amino-alcohol motifs (C(OH)–C–C–N with tert-alkyl or cyclic N) is 1. The molecule has 1 N–H and O–H groups in total. The maximum atomic E-state index is 9.52. The van der Waals surface area contributed by atoms with Gasteiger partial charge in [0.15, 0.2) is 0 Å². The SMILES string of the molecule is CC1=C(C)N(c2ccccc2)C(c2ccccc2)N(CCO)C1.O=C=O.O=C=O. The summed E-state index contributed by atoms with van der Waals surface area (Å²) < 4.78 is 0. The Kier molecular flexibility index (Phi) is 10.6. The van der Waals surface area contributed by atoms with E-state index in [0.29, 0.717) is 6.54 Å². The van der Waals surface area contributed by atoms with Crippen molar-refractivity contribution in [3.8, 4) is 0 Å². The fraction of sp³-hybridized carbons (Fsp3) is 0.273. The Morgan fingerprint density at radius 1 is 0.897 bits per heavy atom. The molecule has 0 bridgehead atoms. The molecule has 1 unspecified atom stereocenters. The first kappa shape index (κ1) is 23.7. The van der Waals surface area contributed by atoms with Crippen molar-refractivity contribution >= 4 is 18.0 Å². The first-order chi connectivity index (χ1) is 14.0. The molecular weight excluding hydrogens is 372 g/mol. The van der Waals surface area contributed by atoms with Gasteiger partial charge in [0, 0.05) is 24.5 Å². The normalized spacial score (nSPS) is 15.8. The second-order valence-electron chi connectivity index (χ2n) is 6.22. The number of hydrogen-bond donors (Lipinski definition) is 1. The molecule has 1 aliphatic heterocycles. The number of aliphatic hydroxyl groups excluding tert-OH is 1. The Labute approximate surface area is 169 Å². The maximum absolute atomic E-state index is 9.52. The summed E-state index contributed by atoms with van der Waals surface area (Å²) in [6, 6.07) is 21.0. The molecule has 29 heavy (non-hydrogen) atoms. The molecule has 0 fully saturated rings. The van der Waals surface area contributed by atoms with Gasteiger partial charge in [-0.25, -0.2) is 0 Å². The molecule has 1 atom stereocenters. The average Bonchev–Trinajstić information content (AvgIpc) is 2.73. The fourth-order valence-electron chi connectivity index (χ4n) is 3.30. The summed E-state index contributed by atoms with van der Waals surface area (Å²) in [6.07, 6.45) is 0.606. The summed E-state index contributed by atoms with van der Waals surface area (Å²) in [5.74, 6) is 0. The quantitative estimate of drug-likeness (QED) is 0.849. The van der Waals surface area contributed by atoms with Crippen molar-refractivity contribution in [2.45, 2.75) is 20.0 Å². The number of aliphatic hydroxyl groups is 1. The van der Waals surface area contributed by atoms with Crippen molar-refractivity contribution in [2.24, 2.45) is 0 Å². The van der Waals surface area contributed by atoms with Crippen LogP contribution in [0.1, 0.15) is 25.6 Å². The van der Waals surface area contributed by atoms with E-state index in [0.717, 1.165) is 6.54 Å². The zero-order valence-corrected chi connectivity index (χ0v) is 16.4. The minimum absolute atomic E-state index is 0.106. The number of anilines is 1. The maximum Gasteiger partial charge on any atom is 0.373 e. The van der Waals surface area contributed by atoms with E-state index in [1.807, 2.05) is 12.1 Å². The van der Waals surface area contributed by atoms with Crippen LogP contribution in [0, 0.1) is 0 Å². The third-order valence-electron chi connectivity index (χ3n) is 4.53. The van der Waals surface area contributed by atoms with Gasteiger partial charge in [0.25, 0.3) is 0 Å². The third-order valence-corrected chi connectivity index (χ3v) is 4.53. The van der Waals surface area contributed by atoms with Gasteiger partial charge >= 0.3 is 12.3 Å². The lowest BCUT2D eigenvalue weighted by molar-refractivity contribution is -0.193. The molecule has 1 aliphatic rings. The first-order valence-electron chi connectivity index (χ1n) is 8.94. The van der Waals surface area contributed by atoms with Gasteiger partial charge in [0.1, 0.15) is 6.17 Å². The van der Waals surface area contributed by atoms with Crippen LogP contribution in [0.2, 0.25) is 0 Å². The Balaban J connectivity index is 0.000000626. The molecule has 0 saturated carbocycles. The second kappa shape index (κ2) is 12.9. The number of nitrogens with zero attached hydrogens (tertiary/aromatic N) is 2. The lowest BCUT2D eigenvalue weighted by Gasteiger charge is -2.46. The van der Waals surface area contributed by atoms with E-state index in [1.165, 1.54) is 22.5 Å². The van der Waals surface area contributed by atoms with Crippen molar-refractivity contribution in [3.05, 3.63) is 77.5 Å². The van der Waals surface area contributed by atoms with Crippen LogP contribution in [0.25, 0.3) is 0 Å². The number of rotatable bonds is 4.